The Kier molecular flexibility index (Phi) is 5.79. The molecule has 7 nitrogen and oxygen atoms in total. The molecule has 0 saturated carbocycles. The van der Waals surface area contributed by atoms with Crippen molar-refractivity contribution in [2.75, 3.05) is 26.4 Å². The Balaban J connectivity index is 1.26. The van der Waals surface area contributed by atoms with Gasteiger partial charge in [-0.25, -0.2) is 4.98 Å². The molecule has 0 N–H and O–H groups in total. The summed E-state index contributed by atoms with van der Waals surface area (Å²) in [6.07, 6.45) is 8.14. The van der Waals surface area contributed by atoms with E-state index in [0.29, 0.717) is 26.1 Å². The van der Waals surface area contributed by atoms with E-state index >= 15 is 0 Å². The van der Waals surface area contributed by atoms with Crippen molar-refractivity contribution in [3.63, 3.8) is 0 Å². The molecular formula is C20H25N3O4. The van der Waals surface area contributed by atoms with Crippen LogP contribution in [0.4, 0.5) is 0 Å². The van der Waals surface area contributed by atoms with Crippen molar-refractivity contribution in [2.24, 2.45) is 0 Å². The quantitative estimate of drug-likeness (QED) is 0.740. The van der Waals surface area contributed by atoms with E-state index in [0.717, 1.165) is 55.2 Å². The number of amides is 1. The summed E-state index contributed by atoms with van der Waals surface area (Å²) in [7, 11) is 0. The molecule has 4 heterocycles. The van der Waals surface area contributed by atoms with E-state index < -0.39 is 0 Å². The highest BCUT2D eigenvalue weighted by molar-refractivity contribution is 5.77. The second-order valence-corrected chi connectivity index (χ2v) is 7.05. The molecule has 0 aromatic carbocycles. The number of hydrogen-bond donors (Lipinski definition) is 0. The first kappa shape index (κ1) is 18.1. The fourth-order valence-electron chi connectivity index (χ4n) is 3.51. The van der Waals surface area contributed by atoms with Gasteiger partial charge in [-0.2, -0.15) is 0 Å². The molecule has 7 heteroatoms. The Morgan fingerprint density at radius 1 is 1.37 bits per heavy atom. The van der Waals surface area contributed by atoms with E-state index in [-0.39, 0.29) is 18.6 Å². The Morgan fingerprint density at radius 3 is 3.15 bits per heavy atom. The molecule has 144 valence electrons. The van der Waals surface area contributed by atoms with Gasteiger partial charge in [0.05, 0.1) is 19.3 Å². The number of carbonyl (C=O) groups excluding carboxylic acids is 1. The molecule has 27 heavy (non-hydrogen) atoms. The Hall–Kier alpha value is -2.25. The smallest absolute Gasteiger partial charge is 0.248 e. The van der Waals surface area contributed by atoms with E-state index in [2.05, 4.69) is 9.97 Å². The minimum absolute atomic E-state index is 0.00134. The lowest BCUT2D eigenvalue weighted by molar-refractivity contribution is -0.138. The predicted octanol–water partition coefficient (Wildman–Crippen LogP) is 1.94. The molecule has 1 fully saturated rings. The fraction of sp³-hybridized carbons (Fsp3) is 0.550. The first-order chi connectivity index (χ1) is 13.3. The molecule has 1 atom stereocenters. The number of nitrogens with zero attached hydrogens (tertiary/aromatic N) is 3. The molecule has 1 amide bonds. The van der Waals surface area contributed by atoms with Crippen LogP contribution in [0.2, 0.25) is 0 Å². The molecule has 2 aromatic rings. The number of oxazole rings is 1. The summed E-state index contributed by atoms with van der Waals surface area (Å²) in [5.74, 6) is 1.63. The van der Waals surface area contributed by atoms with Crippen LogP contribution in [0.3, 0.4) is 0 Å². The summed E-state index contributed by atoms with van der Waals surface area (Å²) in [6, 6.07) is 3.98. The molecule has 1 unspecified atom stereocenters. The van der Waals surface area contributed by atoms with E-state index in [1.165, 1.54) is 0 Å². The lowest BCUT2D eigenvalue weighted by Gasteiger charge is -2.25. The third kappa shape index (κ3) is 4.73. The maximum absolute atomic E-state index is 12.4. The van der Waals surface area contributed by atoms with Crippen LogP contribution in [0.5, 0.6) is 0 Å². The van der Waals surface area contributed by atoms with Crippen molar-refractivity contribution in [1.82, 2.24) is 14.9 Å². The van der Waals surface area contributed by atoms with E-state index in [1.54, 1.807) is 11.1 Å². The molecule has 2 aliphatic rings. The fourth-order valence-corrected chi connectivity index (χ4v) is 3.51. The summed E-state index contributed by atoms with van der Waals surface area (Å²) < 4.78 is 16.9. The minimum Gasteiger partial charge on any atom is -0.445 e. The lowest BCUT2D eigenvalue weighted by atomic mass is 10.1. The summed E-state index contributed by atoms with van der Waals surface area (Å²) in [6.45, 7) is 2.53. The largest absolute Gasteiger partial charge is 0.445 e. The van der Waals surface area contributed by atoms with Gasteiger partial charge in [-0.3, -0.25) is 9.78 Å². The van der Waals surface area contributed by atoms with Crippen LogP contribution in [0.15, 0.2) is 28.9 Å². The number of aryl methyl sites for hydroxylation is 2. The molecule has 1 saturated heterocycles. The summed E-state index contributed by atoms with van der Waals surface area (Å²) >= 11 is 0. The molecule has 0 bridgehead atoms. The van der Waals surface area contributed by atoms with Gasteiger partial charge in [0.2, 0.25) is 5.91 Å². The van der Waals surface area contributed by atoms with Crippen LogP contribution in [-0.2, 0) is 40.1 Å². The van der Waals surface area contributed by atoms with Crippen molar-refractivity contribution in [3.8, 4) is 0 Å². The van der Waals surface area contributed by atoms with Crippen molar-refractivity contribution in [1.29, 1.82) is 0 Å². The average molecular weight is 371 g/mol. The van der Waals surface area contributed by atoms with Gasteiger partial charge in [0.25, 0.3) is 0 Å². The van der Waals surface area contributed by atoms with Crippen LogP contribution >= 0.6 is 0 Å². The number of hydrogen-bond acceptors (Lipinski definition) is 6. The Bertz CT molecular complexity index is 756. The maximum atomic E-state index is 12.4. The molecule has 4 rings (SSSR count). The standard InChI is InChI=1S/C20H25N3O4/c24-20(14-25-13-16-4-2-10-26-16)23-9-7-18-17(12-23)22-19(27-18)6-5-15-3-1-8-21-11-15/h1,3,8,11,16H,2,4-7,9-10,12-14H2. The van der Waals surface area contributed by atoms with Gasteiger partial charge in [0.15, 0.2) is 5.89 Å². The number of carbonyl (C=O) groups is 1. The highest BCUT2D eigenvalue weighted by Gasteiger charge is 2.26. The van der Waals surface area contributed by atoms with Crippen molar-refractivity contribution < 1.29 is 18.7 Å². The number of aromatic nitrogens is 2. The van der Waals surface area contributed by atoms with Gasteiger partial charge in [0, 0.05) is 38.4 Å². The van der Waals surface area contributed by atoms with Crippen LogP contribution in [0, 0.1) is 0 Å². The maximum Gasteiger partial charge on any atom is 0.248 e. The van der Waals surface area contributed by atoms with Crippen LogP contribution < -0.4 is 0 Å². The molecular weight excluding hydrogens is 346 g/mol. The zero-order valence-electron chi connectivity index (χ0n) is 15.4. The second-order valence-electron chi connectivity index (χ2n) is 7.05. The predicted molar refractivity (Wildman–Crippen MR) is 97.1 cm³/mol. The molecule has 0 aliphatic carbocycles. The summed E-state index contributed by atoms with van der Waals surface area (Å²) in [5, 5.41) is 0. The van der Waals surface area contributed by atoms with E-state index in [9.17, 15) is 4.79 Å². The zero-order chi connectivity index (χ0) is 18.5. The van der Waals surface area contributed by atoms with Gasteiger partial charge in [-0.05, 0) is 30.9 Å². The van der Waals surface area contributed by atoms with E-state index in [1.807, 2.05) is 18.3 Å². The minimum atomic E-state index is -0.00134. The highest BCUT2D eigenvalue weighted by atomic mass is 16.5. The summed E-state index contributed by atoms with van der Waals surface area (Å²) in [4.78, 5) is 22.9. The molecule has 2 aliphatic heterocycles. The third-order valence-electron chi connectivity index (χ3n) is 5.03. The van der Waals surface area contributed by atoms with Gasteiger partial charge in [-0.15, -0.1) is 0 Å². The van der Waals surface area contributed by atoms with Crippen molar-refractivity contribution >= 4 is 5.91 Å². The topological polar surface area (TPSA) is 77.7 Å². The van der Waals surface area contributed by atoms with Gasteiger partial charge < -0.3 is 18.8 Å². The number of fused-ring (bicyclic) bond motifs is 1. The molecule has 2 aromatic heterocycles. The normalized spacial score (nSPS) is 19.3. The summed E-state index contributed by atoms with van der Waals surface area (Å²) in [5.41, 5.74) is 2.03. The van der Waals surface area contributed by atoms with Crippen LogP contribution in [0.25, 0.3) is 0 Å². The highest BCUT2D eigenvalue weighted by Crippen LogP contribution is 2.21. The van der Waals surface area contributed by atoms with Gasteiger partial charge >= 0.3 is 0 Å². The monoisotopic (exact) mass is 371 g/mol. The van der Waals surface area contributed by atoms with Gasteiger partial charge in [-0.1, -0.05) is 6.07 Å². The lowest BCUT2D eigenvalue weighted by Crippen LogP contribution is -2.38. The molecule has 0 radical (unpaired) electrons. The molecule has 0 spiro atoms. The van der Waals surface area contributed by atoms with E-state index in [4.69, 9.17) is 13.9 Å². The third-order valence-corrected chi connectivity index (χ3v) is 5.03. The number of ether oxygens (including phenoxy) is 2. The Labute approximate surface area is 158 Å². The number of rotatable bonds is 7. The zero-order valence-corrected chi connectivity index (χ0v) is 15.4. The second kappa shape index (κ2) is 8.63. The van der Waals surface area contributed by atoms with Crippen molar-refractivity contribution in [3.05, 3.63) is 47.4 Å². The van der Waals surface area contributed by atoms with Crippen LogP contribution in [0.1, 0.15) is 35.7 Å². The van der Waals surface area contributed by atoms with Crippen LogP contribution in [-0.4, -0.2) is 53.2 Å². The number of pyridine rings is 1. The first-order valence-electron chi connectivity index (χ1n) is 9.61. The SMILES string of the molecule is O=C(COCC1CCCO1)N1CCc2oc(CCc3cccnc3)nc2C1. The Morgan fingerprint density at radius 2 is 2.33 bits per heavy atom. The average Bonchev–Trinajstić information content (AvgIpc) is 3.36. The van der Waals surface area contributed by atoms with Crippen molar-refractivity contribution in [2.45, 2.75) is 44.8 Å². The van der Waals surface area contributed by atoms with Gasteiger partial charge in [0.1, 0.15) is 18.1 Å². The first-order valence-corrected chi connectivity index (χ1v) is 9.61.